The molecule has 0 saturated heterocycles. The van der Waals surface area contributed by atoms with Crippen molar-refractivity contribution in [3.05, 3.63) is 57.0 Å². The second-order valence-corrected chi connectivity index (χ2v) is 7.58. The van der Waals surface area contributed by atoms with Crippen LogP contribution in [0.2, 0.25) is 15.1 Å². The van der Waals surface area contributed by atoms with Crippen molar-refractivity contribution in [2.24, 2.45) is 0 Å². The van der Waals surface area contributed by atoms with E-state index in [2.05, 4.69) is 4.72 Å². The first kappa shape index (κ1) is 17.4. The standard InChI is InChI=1S/C15H14Cl3NO2S/c1-2-5-10-6-3-4-7-14(10)19-22(20,21)15-12(17)8-11(16)9-13(15)18/h3-4,6-9,19H,2,5H2,1H3. The minimum atomic E-state index is -3.90. The monoisotopic (exact) mass is 377 g/mol. The summed E-state index contributed by atoms with van der Waals surface area (Å²) >= 11 is 17.8. The Labute approximate surface area is 145 Å². The zero-order chi connectivity index (χ0) is 16.3. The van der Waals surface area contributed by atoms with Crippen molar-refractivity contribution < 1.29 is 8.42 Å². The van der Waals surface area contributed by atoms with Gasteiger partial charge in [0.05, 0.1) is 15.7 Å². The summed E-state index contributed by atoms with van der Waals surface area (Å²) in [5, 5.41) is 0.247. The van der Waals surface area contributed by atoms with Crippen LogP contribution in [0, 0.1) is 0 Å². The number of nitrogens with one attached hydrogen (secondary N) is 1. The third kappa shape index (κ3) is 3.87. The summed E-state index contributed by atoms with van der Waals surface area (Å²) in [7, 11) is -3.90. The number of sulfonamides is 1. The fraction of sp³-hybridized carbons (Fsp3) is 0.200. The number of benzene rings is 2. The largest absolute Gasteiger partial charge is 0.279 e. The minimum Gasteiger partial charge on any atom is -0.279 e. The van der Waals surface area contributed by atoms with Gasteiger partial charge in [0.1, 0.15) is 4.90 Å². The van der Waals surface area contributed by atoms with Crippen molar-refractivity contribution in [1.82, 2.24) is 0 Å². The summed E-state index contributed by atoms with van der Waals surface area (Å²) in [5.74, 6) is 0. The number of aryl methyl sites for hydroxylation is 1. The highest BCUT2D eigenvalue weighted by atomic mass is 35.5. The lowest BCUT2D eigenvalue weighted by molar-refractivity contribution is 0.601. The van der Waals surface area contributed by atoms with Crippen LogP contribution < -0.4 is 4.72 Å². The summed E-state index contributed by atoms with van der Waals surface area (Å²) in [5.41, 5.74) is 1.43. The van der Waals surface area contributed by atoms with E-state index in [0.717, 1.165) is 18.4 Å². The molecule has 0 aliphatic heterocycles. The van der Waals surface area contributed by atoms with E-state index in [4.69, 9.17) is 34.8 Å². The molecule has 3 nitrogen and oxygen atoms in total. The van der Waals surface area contributed by atoms with E-state index in [1.54, 1.807) is 12.1 Å². The van der Waals surface area contributed by atoms with Crippen molar-refractivity contribution in [3.8, 4) is 0 Å². The Balaban J connectivity index is 2.45. The van der Waals surface area contributed by atoms with Crippen LogP contribution in [0.25, 0.3) is 0 Å². The molecule has 2 aromatic rings. The Kier molecular flexibility index (Phi) is 5.61. The molecule has 0 aliphatic rings. The Morgan fingerprint density at radius 3 is 2.23 bits per heavy atom. The highest BCUT2D eigenvalue weighted by molar-refractivity contribution is 7.93. The summed E-state index contributed by atoms with van der Waals surface area (Å²) in [4.78, 5) is -0.175. The third-order valence-electron chi connectivity index (χ3n) is 3.01. The topological polar surface area (TPSA) is 46.2 Å². The fourth-order valence-corrected chi connectivity index (χ4v) is 4.74. The van der Waals surface area contributed by atoms with Gasteiger partial charge in [0.15, 0.2) is 0 Å². The van der Waals surface area contributed by atoms with Crippen molar-refractivity contribution in [3.63, 3.8) is 0 Å². The normalized spacial score (nSPS) is 11.5. The van der Waals surface area contributed by atoms with E-state index in [-0.39, 0.29) is 20.0 Å². The SMILES string of the molecule is CCCc1ccccc1NS(=O)(=O)c1c(Cl)cc(Cl)cc1Cl. The summed E-state index contributed by atoms with van der Waals surface area (Å²) in [6, 6.07) is 9.92. The van der Waals surface area contributed by atoms with Gasteiger partial charge in [0, 0.05) is 5.02 Å². The van der Waals surface area contributed by atoms with Gasteiger partial charge in [-0.3, -0.25) is 4.72 Å². The second-order valence-electron chi connectivity index (χ2n) is 4.71. The Hall–Kier alpha value is -0.940. The molecular formula is C15H14Cl3NO2S. The Morgan fingerprint density at radius 1 is 1.05 bits per heavy atom. The molecule has 0 fully saturated rings. The molecule has 0 unspecified atom stereocenters. The predicted octanol–water partition coefficient (Wildman–Crippen LogP) is 5.40. The van der Waals surface area contributed by atoms with Gasteiger partial charge >= 0.3 is 0 Å². The van der Waals surface area contributed by atoms with Gasteiger partial charge in [0.2, 0.25) is 0 Å². The van der Waals surface area contributed by atoms with E-state index in [1.165, 1.54) is 12.1 Å². The maximum Gasteiger partial charge on any atom is 0.264 e. The Morgan fingerprint density at radius 2 is 1.64 bits per heavy atom. The van der Waals surface area contributed by atoms with E-state index in [1.807, 2.05) is 19.1 Å². The smallest absolute Gasteiger partial charge is 0.264 e. The molecule has 0 atom stereocenters. The average molecular weight is 379 g/mol. The number of hydrogen-bond donors (Lipinski definition) is 1. The average Bonchev–Trinajstić information content (AvgIpc) is 2.39. The van der Waals surface area contributed by atoms with Gasteiger partial charge in [-0.15, -0.1) is 0 Å². The highest BCUT2D eigenvalue weighted by Crippen LogP contribution is 2.34. The van der Waals surface area contributed by atoms with Crippen molar-refractivity contribution in [2.45, 2.75) is 24.7 Å². The molecule has 0 spiro atoms. The van der Waals surface area contributed by atoms with Gasteiger partial charge in [-0.25, -0.2) is 8.42 Å². The minimum absolute atomic E-state index is 0.0158. The van der Waals surface area contributed by atoms with Crippen LogP contribution in [0.5, 0.6) is 0 Å². The number of halogens is 3. The lowest BCUT2D eigenvalue weighted by atomic mass is 10.1. The molecule has 0 aromatic heterocycles. The number of rotatable bonds is 5. The number of anilines is 1. The fourth-order valence-electron chi connectivity index (χ4n) is 2.09. The van der Waals surface area contributed by atoms with Crippen LogP contribution in [0.3, 0.4) is 0 Å². The van der Waals surface area contributed by atoms with Crippen LogP contribution in [-0.2, 0) is 16.4 Å². The molecule has 2 aromatic carbocycles. The first-order valence-electron chi connectivity index (χ1n) is 6.60. The molecule has 0 saturated carbocycles. The summed E-state index contributed by atoms with van der Waals surface area (Å²) in [6.07, 6.45) is 1.67. The molecule has 0 radical (unpaired) electrons. The van der Waals surface area contributed by atoms with Crippen molar-refractivity contribution >= 4 is 50.5 Å². The van der Waals surface area contributed by atoms with Crippen LogP contribution in [0.15, 0.2) is 41.3 Å². The van der Waals surface area contributed by atoms with Crippen LogP contribution in [-0.4, -0.2) is 8.42 Å². The maximum atomic E-state index is 12.6. The highest BCUT2D eigenvalue weighted by Gasteiger charge is 2.23. The zero-order valence-corrected chi connectivity index (χ0v) is 14.8. The van der Waals surface area contributed by atoms with E-state index in [0.29, 0.717) is 5.69 Å². The maximum absolute atomic E-state index is 12.6. The van der Waals surface area contributed by atoms with Crippen molar-refractivity contribution in [1.29, 1.82) is 0 Å². The van der Waals surface area contributed by atoms with Gasteiger partial charge in [-0.05, 0) is 30.2 Å². The van der Waals surface area contributed by atoms with Gasteiger partial charge < -0.3 is 0 Å². The van der Waals surface area contributed by atoms with Crippen molar-refractivity contribution in [2.75, 3.05) is 4.72 Å². The predicted molar refractivity (Wildman–Crippen MR) is 92.7 cm³/mol. The molecule has 7 heteroatoms. The molecule has 1 N–H and O–H groups in total. The summed E-state index contributed by atoms with van der Waals surface area (Å²) in [6.45, 7) is 2.03. The molecule has 2 rings (SSSR count). The number of para-hydroxylation sites is 1. The first-order chi connectivity index (χ1) is 10.3. The molecule has 118 valence electrons. The van der Waals surface area contributed by atoms with Gasteiger partial charge in [0.25, 0.3) is 10.0 Å². The van der Waals surface area contributed by atoms with Crippen LogP contribution in [0.1, 0.15) is 18.9 Å². The molecule has 0 heterocycles. The van der Waals surface area contributed by atoms with Crippen LogP contribution in [0.4, 0.5) is 5.69 Å². The van der Waals surface area contributed by atoms with Gasteiger partial charge in [-0.2, -0.15) is 0 Å². The second kappa shape index (κ2) is 7.09. The number of hydrogen-bond acceptors (Lipinski definition) is 2. The molecule has 0 amide bonds. The third-order valence-corrected chi connectivity index (χ3v) is 5.52. The summed E-state index contributed by atoms with van der Waals surface area (Å²) < 4.78 is 27.7. The van der Waals surface area contributed by atoms with Gasteiger partial charge in [-0.1, -0.05) is 66.3 Å². The molecule has 0 bridgehead atoms. The quantitative estimate of drug-likeness (QED) is 0.757. The lowest BCUT2D eigenvalue weighted by Crippen LogP contribution is -2.15. The lowest BCUT2D eigenvalue weighted by Gasteiger charge is -2.14. The van der Waals surface area contributed by atoms with E-state index in [9.17, 15) is 8.42 Å². The molecule has 0 aliphatic carbocycles. The first-order valence-corrected chi connectivity index (χ1v) is 9.22. The van der Waals surface area contributed by atoms with E-state index >= 15 is 0 Å². The Bertz CT molecular complexity index is 768. The molecule has 22 heavy (non-hydrogen) atoms. The zero-order valence-electron chi connectivity index (χ0n) is 11.7. The van der Waals surface area contributed by atoms with E-state index < -0.39 is 10.0 Å². The van der Waals surface area contributed by atoms with Crippen LogP contribution >= 0.6 is 34.8 Å². The molecular weight excluding hydrogens is 365 g/mol.